The van der Waals surface area contributed by atoms with Gasteiger partial charge in [0.05, 0.1) is 11.3 Å². The number of carbonyl (C=O) groups excluding carboxylic acids is 1. The van der Waals surface area contributed by atoms with Gasteiger partial charge in [-0.3, -0.25) is 9.52 Å². The first kappa shape index (κ1) is 14.4. The zero-order chi connectivity index (χ0) is 13.3. The van der Waals surface area contributed by atoms with E-state index in [1.807, 2.05) is 13.8 Å². The van der Waals surface area contributed by atoms with E-state index in [1.54, 1.807) is 13.8 Å². The SMILES string of the molecule is CC(C)S(=O)(=O)NC(=O)C1NCCCC1(C)C. The highest BCUT2D eigenvalue weighted by Gasteiger charge is 2.38. The molecule has 0 radical (unpaired) electrons. The topological polar surface area (TPSA) is 75.3 Å². The zero-order valence-corrected chi connectivity index (χ0v) is 11.7. The molecule has 0 aliphatic carbocycles. The fourth-order valence-corrected chi connectivity index (χ4v) is 2.61. The van der Waals surface area contributed by atoms with Crippen LogP contribution < -0.4 is 10.0 Å². The Hall–Kier alpha value is -0.620. The van der Waals surface area contributed by atoms with Crippen LogP contribution in [0.1, 0.15) is 40.5 Å². The second kappa shape index (κ2) is 4.94. The normalized spacial score (nSPS) is 24.6. The summed E-state index contributed by atoms with van der Waals surface area (Å²) in [6.45, 7) is 7.81. The molecule has 2 N–H and O–H groups in total. The summed E-state index contributed by atoms with van der Waals surface area (Å²) in [7, 11) is -3.54. The zero-order valence-electron chi connectivity index (χ0n) is 10.9. The van der Waals surface area contributed by atoms with Crippen molar-refractivity contribution in [3.63, 3.8) is 0 Å². The highest BCUT2D eigenvalue weighted by atomic mass is 32.2. The lowest BCUT2D eigenvalue weighted by Gasteiger charge is -2.38. The van der Waals surface area contributed by atoms with Crippen LogP contribution in [0.15, 0.2) is 0 Å². The summed E-state index contributed by atoms with van der Waals surface area (Å²) in [5.74, 6) is -0.441. The third-order valence-electron chi connectivity index (χ3n) is 3.25. The predicted molar refractivity (Wildman–Crippen MR) is 67.0 cm³/mol. The Kier molecular flexibility index (Phi) is 4.19. The smallest absolute Gasteiger partial charge is 0.251 e. The van der Waals surface area contributed by atoms with Gasteiger partial charge in [0.2, 0.25) is 10.0 Å². The van der Waals surface area contributed by atoms with Crippen molar-refractivity contribution < 1.29 is 13.2 Å². The minimum Gasteiger partial charge on any atom is -0.305 e. The van der Waals surface area contributed by atoms with Gasteiger partial charge in [0.15, 0.2) is 0 Å². The standard InChI is InChI=1S/C11H22N2O3S/c1-8(2)17(15,16)13-10(14)9-11(3,4)6-5-7-12-9/h8-9,12H,5-7H2,1-4H3,(H,13,14). The van der Waals surface area contributed by atoms with Gasteiger partial charge in [0.25, 0.3) is 5.91 Å². The van der Waals surface area contributed by atoms with Crippen LogP contribution in [0.2, 0.25) is 0 Å². The fourth-order valence-electron chi connectivity index (χ4n) is 1.98. The van der Waals surface area contributed by atoms with Gasteiger partial charge >= 0.3 is 0 Å². The molecule has 0 aromatic heterocycles. The van der Waals surface area contributed by atoms with Crippen LogP contribution in [-0.2, 0) is 14.8 Å². The monoisotopic (exact) mass is 262 g/mol. The number of piperidine rings is 1. The maximum atomic E-state index is 12.0. The van der Waals surface area contributed by atoms with Crippen molar-refractivity contribution in [1.82, 2.24) is 10.0 Å². The highest BCUT2D eigenvalue weighted by molar-refractivity contribution is 7.90. The first-order chi connectivity index (χ1) is 7.67. The molecular weight excluding hydrogens is 240 g/mol. The lowest BCUT2D eigenvalue weighted by Crippen LogP contribution is -2.57. The van der Waals surface area contributed by atoms with E-state index in [0.717, 1.165) is 19.4 Å². The summed E-state index contributed by atoms with van der Waals surface area (Å²) >= 11 is 0. The van der Waals surface area contributed by atoms with Gasteiger partial charge in [0, 0.05) is 0 Å². The molecule has 0 bridgehead atoms. The molecular formula is C11H22N2O3S. The molecule has 1 heterocycles. The number of nitrogens with one attached hydrogen (secondary N) is 2. The van der Waals surface area contributed by atoms with Gasteiger partial charge < -0.3 is 5.32 Å². The van der Waals surface area contributed by atoms with E-state index in [4.69, 9.17) is 0 Å². The van der Waals surface area contributed by atoms with Crippen molar-refractivity contribution in [3.8, 4) is 0 Å². The lowest BCUT2D eigenvalue weighted by molar-refractivity contribution is -0.124. The average molecular weight is 262 g/mol. The van der Waals surface area contributed by atoms with E-state index in [-0.39, 0.29) is 5.41 Å². The molecule has 1 aliphatic rings. The molecule has 5 nitrogen and oxygen atoms in total. The molecule has 1 rings (SSSR count). The van der Waals surface area contributed by atoms with Gasteiger partial charge in [0.1, 0.15) is 0 Å². The van der Waals surface area contributed by atoms with Gasteiger partial charge in [-0.2, -0.15) is 0 Å². The molecule has 0 spiro atoms. The number of hydrogen-bond acceptors (Lipinski definition) is 4. The highest BCUT2D eigenvalue weighted by Crippen LogP contribution is 2.30. The maximum Gasteiger partial charge on any atom is 0.251 e. The number of amides is 1. The summed E-state index contributed by atoms with van der Waals surface area (Å²) in [5.41, 5.74) is -0.213. The van der Waals surface area contributed by atoms with E-state index in [9.17, 15) is 13.2 Å². The van der Waals surface area contributed by atoms with E-state index >= 15 is 0 Å². The first-order valence-electron chi connectivity index (χ1n) is 5.96. The first-order valence-corrected chi connectivity index (χ1v) is 7.50. The summed E-state index contributed by atoms with van der Waals surface area (Å²) in [4.78, 5) is 12.0. The molecule has 1 unspecified atom stereocenters. The Morgan fingerprint density at radius 3 is 2.47 bits per heavy atom. The minimum atomic E-state index is -3.54. The van der Waals surface area contributed by atoms with Crippen molar-refractivity contribution in [1.29, 1.82) is 0 Å². The van der Waals surface area contributed by atoms with Crippen LogP contribution in [0.5, 0.6) is 0 Å². The van der Waals surface area contributed by atoms with Crippen LogP contribution in [0, 0.1) is 5.41 Å². The predicted octanol–water partition coefficient (Wildman–Crippen LogP) is 0.619. The lowest BCUT2D eigenvalue weighted by atomic mass is 9.77. The Bertz CT molecular complexity index is 388. The fraction of sp³-hybridized carbons (Fsp3) is 0.909. The van der Waals surface area contributed by atoms with Crippen molar-refractivity contribution in [3.05, 3.63) is 0 Å². The Morgan fingerprint density at radius 1 is 1.41 bits per heavy atom. The summed E-state index contributed by atoms with van der Waals surface area (Å²) < 4.78 is 25.4. The van der Waals surface area contributed by atoms with Crippen LogP contribution in [0.4, 0.5) is 0 Å². The number of rotatable bonds is 3. The quantitative estimate of drug-likeness (QED) is 0.782. The molecule has 0 aromatic carbocycles. The molecule has 1 amide bonds. The molecule has 17 heavy (non-hydrogen) atoms. The van der Waals surface area contributed by atoms with E-state index in [0.29, 0.717) is 0 Å². The van der Waals surface area contributed by atoms with Crippen molar-refractivity contribution in [2.24, 2.45) is 5.41 Å². The van der Waals surface area contributed by atoms with Gasteiger partial charge in [-0.05, 0) is 38.6 Å². The summed E-state index contributed by atoms with van der Waals surface area (Å²) in [5, 5.41) is 2.50. The van der Waals surface area contributed by atoms with E-state index in [2.05, 4.69) is 10.0 Å². The van der Waals surface area contributed by atoms with Crippen LogP contribution in [-0.4, -0.2) is 32.2 Å². The Balaban J connectivity index is 2.77. The molecule has 0 saturated carbocycles. The van der Waals surface area contributed by atoms with Gasteiger partial charge in [-0.1, -0.05) is 13.8 Å². The molecule has 1 aliphatic heterocycles. The van der Waals surface area contributed by atoms with Crippen LogP contribution in [0.3, 0.4) is 0 Å². The van der Waals surface area contributed by atoms with E-state index in [1.165, 1.54) is 0 Å². The Morgan fingerprint density at radius 2 is 2.00 bits per heavy atom. The Labute approximate surface area is 103 Å². The molecule has 1 saturated heterocycles. The van der Waals surface area contributed by atoms with Gasteiger partial charge in [-0.25, -0.2) is 8.42 Å². The van der Waals surface area contributed by atoms with Crippen molar-refractivity contribution >= 4 is 15.9 Å². The van der Waals surface area contributed by atoms with Crippen molar-refractivity contribution in [2.75, 3.05) is 6.54 Å². The third-order valence-corrected chi connectivity index (χ3v) is 4.98. The van der Waals surface area contributed by atoms with Crippen LogP contribution in [0.25, 0.3) is 0 Å². The summed E-state index contributed by atoms with van der Waals surface area (Å²) in [6.07, 6.45) is 1.92. The second-order valence-corrected chi connectivity index (χ2v) is 7.78. The molecule has 1 fully saturated rings. The minimum absolute atomic E-state index is 0.213. The van der Waals surface area contributed by atoms with Crippen molar-refractivity contribution in [2.45, 2.75) is 51.8 Å². The molecule has 1 atom stereocenters. The summed E-state index contributed by atoms with van der Waals surface area (Å²) in [6, 6.07) is -0.440. The van der Waals surface area contributed by atoms with Gasteiger partial charge in [-0.15, -0.1) is 0 Å². The largest absolute Gasteiger partial charge is 0.305 e. The maximum absolute atomic E-state index is 12.0. The van der Waals surface area contributed by atoms with E-state index < -0.39 is 27.2 Å². The number of carbonyl (C=O) groups is 1. The number of sulfonamides is 1. The molecule has 0 aromatic rings. The average Bonchev–Trinajstić information content (AvgIpc) is 2.15. The molecule has 6 heteroatoms. The van der Waals surface area contributed by atoms with Crippen LogP contribution >= 0.6 is 0 Å². The number of hydrogen-bond donors (Lipinski definition) is 2. The second-order valence-electron chi connectivity index (χ2n) is 5.54. The third kappa shape index (κ3) is 3.42. The molecule has 100 valence electrons.